The number of benzene rings is 2. The molecule has 0 atom stereocenters. The minimum absolute atomic E-state index is 0.0169. The van der Waals surface area contributed by atoms with E-state index in [4.69, 9.17) is 9.15 Å². The van der Waals surface area contributed by atoms with Gasteiger partial charge in [-0.3, -0.25) is 9.52 Å². The Bertz CT molecular complexity index is 1230. The number of esters is 1. The van der Waals surface area contributed by atoms with E-state index in [-0.39, 0.29) is 35.1 Å². The lowest BCUT2D eigenvalue weighted by Crippen LogP contribution is -2.14. The van der Waals surface area contributed by atoms with Gasteiger partial charge in [-0.25, -0.2) is 13.2 Å². The number of aromatic nitrogens is 2. The van der Waals surface area contributed by atoms with Crippen LogP contribution in [0.3, 0.4) is 0 Å². The van der Waals surface area contributed by atoms with Crippen LogP contribution in [0.4, 0.5) is 11.4 Å². The van der Waals surface area contributed by atoms with Gasteiger partial charge < -0.3 is 14.5 Å². The van der Waals surface area contributed by atoms with E-state index in [1.165, 1.54) is 6.07 Å². The van der Waals surface area contributed by atoms with E-state index in [0.29, 0.717) is 22.5 Å². The predicted molar refractivity (Wildman–Crippen MR) is 125 cm³/mol. The molecule has 174 valence electrons. The van der Waals surface area contributed by atoms with Crippen LogP contribution in [0.5, 0.6) is 0 Å². The SMILES string of the molecule is CCOC(=O)c1cccc(NC(=O)CSc2nnc(-c3ccc(NS(=O)(=O)CC)cc3)o2)c1. The van der Waals surface area contributed by atoms with E-state index in [2.05, 4.69) is 20.2 Å². The lowest BCUT2D eigenvalue weighted by molar-refractivity contribution is -0.113. The third-order valence-corrected chi connectivity index (χ3v) is 6.30. The van der Waals surface area contributed by atoms with E-state index < -0.39 is 16.0 Å². The molecule has 1 amide bonds. The van der Waals surface area contributed by atoms with Gasteiger partial charge in [-0.05, 0) is 56.3 Å². The van der Waals surface area contributed by atoms with Crippen molar-refractivity contribution in [1.29, 1.82) is 0 Å². The molecule has 1 aromatic heterocycles. The molecule has 2 N–H and O–H groups in total. The number of hydrogen-bond donors (Lipinski definition) is 2. The zero-order valence-corrected chi connectivity index (χ0v) is 19.5. The number of nitrogens with zero attached hydrogens (tertiary/aromatic N) is 2. The molecule has 3 rings (SSSR count). The monoisotopic (exact) mass is 490 g/mol. The summed E-state index contributed by atoms with van der Waals surface area (Å²) >= 11 is 1.06. The van der Waals surface area contributed by atoms with E-state index >= 15 is 0 Å². The second-order valence-corrected chi connectivity index (χ2v) is 9.53. The summed E-state index contributed by atoms with van der Waals surface area (Å²) in [5, 5.41) is 10.8. The van der Waals surface area contributed by atoms with Crippen LogP contribution in [0.25, 0.3) is 11.5 Å². The van der Waals surface area contributed by atoms with Crippen LogP contribution in [0.2, 0.25) is 0 Å². The Morgan fingerprint density at radius 2 is 1.82 bits per heavy atom. The number of rotatable bonds is 10. The lowest BCUT2D eigenvalue weighted by Gasteiger charge is -2.06. The van der Waals surface area contributed by atoms with Crippen molar-refractivity contribution >= 4 is 45.0 Å². The lowest BCUT2D eigenvalue weighted by atomic mass is 10.2. The molecular formula is C21H22N4O6S2. The number of hydrogen-bond acceptors (Lipinski definition) is 9. The fourth-order valence-corrected chi connectivity index (χ4v) is 3.78. The van der Waals surface area contributed by atoms with Gasteiger partial charge in [0, 0.05) is 16.9 Å². The summed E-state index contributed by atoms with van der Waals surface area (Å²) in [6, 6.07) is 13.0. The molecule has 0 saturated carbocycles. The van der Waals surface area contributed by atoms with Gasteiger partial charge in [0.05, 0.1) is 23.7 Å². The highest BCUT2D eigenvalue weighted by Gasteiger charge is 2.13. The Morgan fingerprint density at radius 3 is 2.52 bits per heavy atom. The summed E-state index contributed by atoms with van der Waals surface area (Å²) in [5.74, 6) is -0.540. The minimum Gasteiger partial charge on any atom is -0.462 e. The van der Waals surface area contributed by atoms with Crippen LogP contribution in [-0.4, -0.2) is 48.6 Å². The van der Waals surface area contributed by atoms with Crippen LogP contribution in [0, 0.1) is 0 Å². The Morgan fingerprint density at radius 1 is 1.06 bits per heavy atom. The maximum atomic E-state index is 12.3. The highest BCUT2D eigenvalue weighted by atomic mass is 32.2. The molecular weight excluding hydrogens is 468 g/mol. The van der Waals surface area contributed by atoms with Crippen LogP contribution in [0.15, 0.2) is 58.2 Å². The first-order valence-electron chi connectivity index (χ1n) is 9.94. The first-order chi connectivity index (χ1) is 15.8. The molecule has 2 aromatic carbocycles. The summed E-state index contributed by atoms with van der Waals surface area (Å²) in [6.45, 7) is 3.53. The largest absolute Gasteiger partial charge is 0.462 e. The van der Waals surface area contributed by atoms with Gasteiger partial charge in [0.15, 0.2) is 0 Å². The van der Waals surface area contributed by atoms with Crippen molar-refractivity contribution in [3.63, 3.8) is 0 Å². The van der Waals surface area contributed by atoms with E-state index in [9.17, 15) is 18.0 Å². The number of thioether (sulfide) groups is 1. The molecule has 0 aliphatic rings. The van der Waals surface area contributed by atoms with Crippen LogP contribution in [0.1, 0.15) is 24.2 Å². The quantitative estimate of drug-likeness (QED) is 0.323. The second kappa shape index (κ2) is 11.0. The topological polar surface area (TPSA) is 140 Å². The maximum Gasteiger partial charge on any atom is 0.338 e. The van der Waals surface area contributed by atoms with E-state index in [1.54, 1.807) is 56.3 Å². The zero-order valence-electron chi connectivity index (χ0n) is 17.9. The molecule has 0 radical (unpaired) electrons. The van der Waals surface area contributed by atoms with Crippen molar-refractivity contribution in [2.24, 2.45) is 0 Å². The number of ether oxygens (including phenoxy) is 1. The van der Waals surface area contributed by atoms with Gasteiger partial charge in [0.2, 0.25) is 21.8 Å². The molecule has 0 fully saturated rings. The molecule has 0 aliphatic carbocycles. The van der Waals surface area contributed by atoms with Gasteiger partial charge in [0.1, 0.15) is 0 Å². The average Bonchev–Trinajstić information content (AvgIpc) is 3.27. The molecule has 12 heteroatoms. The van der Waals surface area contributed by atoms with Crippen molar-refractivity contribution in [2.45, 2.75) is 19.1 Å². The standard InChI is InChI=1S/C21H22N4O6S2/c1-3-30-20(27)15-6-5-7-17(12-15)22-18(26)13-32-21-24-23-19(31-21)14-8-10-16(11-9-14)25-33(28,29)4-2/h5-12,25H,3-4,13H2,1-2H3,(H,22,26). The van der Waals surface area contributed by atoms with Gasteiger partial charge in [0.25, 0.3) is 5.22 Å². The van der Waals surface area contributed by atoms with Crippen molar-refractivity contribution in [1.82, 2.24) is 10.2 Å². The zero-order chi connectivity index (χ0) is 23.8. The van der Waals surface area contributed by atoms with Crippen LogP contribution < -0.4 is 10.0 Å². The Labute approximate surface area is 195 Å². The number of carbonyl (C=O) groups is 2. The molecule has 0 spiro atoms. The van der Waals surface area contributed by atoms with Gasteiger partial charge in [-0.2, -0.15) is 0 Å². The smallest absolute Gasteiger partial charge is 0.338 e. The fourth-order valence-electron chi connectivity index (χ4n) is 2.58. The maximum absolute atomic E-state index is 12.3. The highest BCUT2D eigenvalue weighted by molar-refractivity contribution is 7.99. The number of anilines is 2. The van der Waals surface area contributed by atoms with Crippen molar-refractivity contribution in [3.8, 4) is 11.5 Å². The van der Waals surface area contributed by atoms with Gasteiger partial charge in [-0.1, -0.05) is 17.8 Å². The van der Waals surface area contributed by atoms with Gasteiger partial charge >= 0.3 is 5.97 Å². The number of nitrogens with one attached hydrogen (secondary N) is 2. The Kier molecular flexibility index (Phi) is 8.06. The van der Waals surface area contributed by atoms with Gasteiger partial charge in [-0.15, -0.1) is 10.2 Å². The first kappa shape index (κ1) is 24.3. The Hall–Kier alpha value is -3.38. The third-order valence-electron chi connectivity index (χ3n) is 4.18. The minimum atomic E-state index is -3.36. The molecule has 0 saturated heterocycles. The summed E-state index contributed by atoms with van der Waals surface area (Å²) in [7, 11) is -3.36. The second-order valence-electron chi connectivity index (χ2n) is 6.59. The summed E-state index contributed by atoms with van der Waals surface area (Å²) in [5.41, 5.74) is 1.85. The van der Waals surface area contributed by atoms with Crippen molar-refractivity contribution in [3.05, 3.63) is 54.1 Å². The third kappa shape index (κ3) is 7.05. The molecule has 3 aromatic rings. The summed E-state index contributed by atoms with van der Waals surface area (Å²) in [4.78, 5) is 24.1. The van der Waals surface area contributed by atoms with E-state index in [1.807, 2.05) is 0 Å². The number of carbonyl (C=O) groups excluding carboxylic acids is 2. The van der Waals surface area contributed by atoms with Crippen molar-refractivity contribution in [2.75, 3.05) is 28.2 Å². The molecule has 1 heterocycles. The normalized spacial score (nSPS) is 11.1. The molecule has 0 unspecified atom stereocenters. The Balaban J connectivity index is 1.55. The number of sulfonamides is 1. The summed E-state index contributed by atoms with van der Waals surface area (Å²) < 4.78 is 36.2. The molecule has 0 bridgehead atoms. The highest BCUT2D eigenvalue weighted by Crippen LogP contribution is 2.25. The van der Waals surface area contributed by atoms with Crippen molar-refractivity contribution < 1.29 is 27.2 Å². The average molecular weight is 491 g/mol. The van der Waals surface area contributed by atoms with Crippen LogP contribution >= 0.6 is 11.8 Å². The summed E-state index contributed by atoms with van der Waals surface area (Å²) in [6.07, 6.45) is 0. The number of amides is 1. The predicted octanol–water partition coefficient (Wildman–Crippen LogP) is 3.41. The first-order valence-corrected chi connectivity index (χ1v) is 12.6. The van der Waals surface area contributed by atoms with Crippen LogP contribution in [-0.2, 0) is 19.6 Å². The fraction of sp³-hybridized carbons (Fsp3) is 0.238. The molecule has 10 nitrogen and oxygen atoms in total. The molecule has 33 heavy (non-hydrogen) atoms. The van der Waals surface area contributed by atoms with E-state index in [0.717, 1.165) is 11.8 Å². The molecule has 0 aliphatic heterocycles.